The summed E-state index contributed by atoms with van der Waals surface area (Å²) in [4.78, 5) is 33.9. The Morgan fingerprint density at radius 2 is 1.67 bits per heavy atom. The van der Waals surface area contributed by atoms with Crippen molar-refractivity contribution in [3.63, 3.8) is 0 Å². The van der Waals surface area contributed by atoms with E-state index in [2.05, 4.69) is 5.32 Å². The van der Waals surface area contributed by atoms with Gasteiger partial charge in [-0.1, -0.05) is 20.8 Å². The fourth-order valence-corrected chi connectivity index (χ4v) is 2.24. The third kappa shape index (κ3) is 9.00. The van der Waals surface area contributed by atoms with Gasteiger partial charge < -0.3 is 24.7 Å². The summed E-state index contributed by atoms with van der Waals surface area (Å²) >= 11 is 1.37. The van der Waals surface area contributed by atoms with Crippen LogP contribution in [0.4, 0.5) is 4.79 Å². The number of ether oxygens (including phenoxy) is 2. The SMILES string of the molecule is CCC(C)(C)C(=O)OCCNC(=O)OCCSCC(C)(C)C(=O)[O-]. The number of esters is 1. The number of amides is 1. The van der Waals surface area contributed by atoms with Crippen LogP contribution >= 0.6 is 11.8 Å². The number of alkyl carbamates (subject to hydrolysis) is 1. The zero-order valence-corrected chi connectivity index (χ0v) is 15.9. The van der Waals surface area contributed by atoms with Crippen molar-refractivity contribution in [2.45, 2.75) is 41.0 Å². The summed E-state index contributed by atoms with van der Waals surface area (Å²) in [6.45, 7) is 9.12. The van der Waals surface area contributed by atoms with Crippen LogP contribution in [-0.4, -0.2) is 49.3 Å². The standard InChI is InChI=1S/C16H29NO6S/c1-6-15(2,3)13(20)22-8-7-17-14(21)23-9-10-24-11-16(4,5)12(18)19/h6-11H2,1-5H3,(H,17,21)(H,18,19)/p-1. The van der Waals surface area contributed by atoms with E-state index in [9.17, 15) is 19.5 Å². The van der Waals surface area contributed by atoms with Crippen molar-refractivity contribution in [3.8, 4) is 0 Å². The lowest BCUT2D eigenvalue weighted by molar-refractivity contribution is -0.316. The van der Waals surface area contributed by atoms with Gasteiger partial charge in [-0.05, 0) is 20.3 Å². The van der Waals surface area contributed by atoms with Crippen LogP contribution in [0.15, 0.2) is 0 Å². The highest BCUT2D eigenvalue weighted by molar-refractivity contribution is 7.99. The number of carbonyl (C=O) groups is 3. The number of carboxylic acid groups (broad SMARTS) is 1. The second-order valence-electron chi connectivity index (χ2n) is 6.66. The van der Waals surface area contributed by atoms with E-state index in [0.29, 0.717) is 17.9 Å². The molecule has 0 aliphatic rings. The van der Waals surface area contributed by atoms with Gasteiger partial charge in [0.15, 0.2) is 0 Å². The van der Waals surface area contributed by atoms with E-state index in [4.69, 9.17) is 9.47 Å². The Balaban J connectivity index is 3.72. The molecule has 0 aliphatic carbocycles. The first-order valence-electron chi connectivity index (χ1n) is 7.90. The molecule has 0 fully saturated rings. The molecule has 8 heteroatoms. The molecule has 0 saturated carbocycles. The third-order valence-electron chi connectivity index (χ3n) is 3.52. The first kappa shape index (κ1) is 22.6. The predicted molar refractivity (Wildman–Crippen MR) is 90.5 cm³/mol. The van der Waals surface area contributed by atoms with Gasteiger partial charge in [0.1, 0.15) is 13.2 Å². The Kier molecular flexibility index (Phi) is 9.80. The fourth-order valence-electron chi connectivity index (χ4n) is 1.27. The normalized spacial score (nSPS) is 11.7. The minimum absolute atomic E-state index is 0.0892. The molecule has 1 amide bonds. The largest absolute Gasteiger partial charge is 0.550 e. The van der Waals surface area contributed by atoms with E-state index in [1.165, 1.54) is 11.8 Å². The van der Waals surface area contributed by atoms with Crippen molar-refractivity contribution in [1.82, 2.24) is 5.32 Å². The molecule has 0 saturated heterocycles. The number of nitrogens with one attached hydrogen (secondary N) is 1. The molecule has 0 aromatic rings. The van der Waals surface area contributed by atoms with Gasteiger partial charge in [-0.15, -0.1) is 0 Å². The first-order valence-corrected chi connectivity index (χ1v) is 9.05. The van der Waals surface area contributed by atoms with Gasteiger partial charge in [0.25, 0.3) is 0 Å². The van der Waals surface area contributed by atoms with Crippen molar-refractivity contribution < 1.29 is 29.0 Å². The number of aliphatic carboxylic acids is 1. The van der Waals surface area contributed by atoms with Crippen LogP contribution in [0, 0.1) is 10.8 Å². The number of rotatable bonds is 11. The maximum absolute atomic E-state index is 11.7. The zero-order chi connectivity index (χ0) is 18.8. The number of hydrogen-bond donors (Lipinski definition) is 1. The molecule has 140 valence electrons. The van der Waals surface area contributed by atoms with E-state index >= 15 is 0 Å². The van der Waals surface area contributed by atoms with Gasteiger partial charge in [-0.3, -0.25) is 4.79 Å². The Labute approximate surface area is 147 Å². The van der Waals surface area contributed by atoms with E-state index < -0.39 is 22.9 Å². The summed E-state index contributed by atoms with van der Waals surface area (Å²) in [7, 11) is 0. The molecule has 0 rings (SSSR count). The van der Waals surface area contributed by atoms with Gasteiger partial charge in [-0.25, -0.2) is 4.79 Å². The van der Waals surface area contributed by atoms with Gasteiger partial charge in [-0.2, -0.15) is 11.8 Å². The lowest BCUT2D eigenvalue weighted by Crippen LogP contribution is -2.39. The highest BCUT2D eigenvalue weighted by atomic mass is 32.2. The topological polar surface area (TPSA) is 105 Å². The average molecular weight is 362 g/mol. The fraction of sp³-hybridized carbons (Fsp3) is 0.812. The molecule has 1 N–H and O–H groups in total. The molecular weight excluding hydrogens is 334 g/mol. The van der Waals surface area contributed by atoms with Gasteiger partial charge in [0, 0.05) is 22.9 Å². The highest BCUT2D eigenvalue weighted by Crippen LogP contribution is 2.21. The number of thioether (sulfide) groups is 1. The highest BCUT2D eigenvalue weighted by Gasteiger charge is 2.26. The molecule has 24 heavy (non-hydrogen) atoms. The van der Waals surface area contributed by atoms with Gasteiger partial charge >= 0.3 is 12.1 Å². The van der Waals surface area contributed by atoms with Crippen LogP contribution in [-0.2, 0) is 19.1 Å². The van der Waals surface area contributed by atoms with Crippen molar-refractivity contribution in [1.29, 1.82) is 0 Å². The summed E-state index contributed by atoms with van der Waals surface area (Å²) in [6, 6.07) is 0. The minimum atomic E-state index is -1.10. The van der Waals surface area contributed by atoms with Crippen molar-refractivity contribution in [2.24, 2.45) is 10.8 Å². The number of hydrogen-bond acceptors (Lipinski definition) is 7. The quantitative estimate of drug-likeness (QED) is 0.435. The maximum atomic E-state index is 11.7. The molecule has 0 aromatic carbocycles. The zero-order valence-electron chi connectivity index (χ0n) is 15.1. The molecule has 0 bridgehead atoms. The van der Waals surface area contributed by atoms with Gasteiger partial charge in [0.2, 0.25) is 0 Å². The molecule has 0 spiro atoms. The van der Waals surface area contributed by atoms with Crippen molar-refractivity contribution in [3.05, 3.63) is 0 Å². The monoisotopic (exact) mass is 362 g/mol. The second-order valence-corrected chi connectivity index (χ2v) is 7.77. The van der Waals surface area contributed by atoms with E-state index in [-0.39, 0.29) is 25.7 Å². The Morgan fingerprint density at radius 3 is 2.21 bits per heavy atom. The summed E-state index contributed by atoms with van der Waals surface area (Å²) in [5.41, 5.74) is -1.44. The smallest absolute Gasteiger partial charge is 0.407 e. The second kappa shape index (κ2) is 10.4. The maximum Gasteiger partial charge on any atom is 0.407 e. The number of carbonyl (C=O) groups excluding carboxylic acids is 3. The number of carboxylic acids is 1. The van der Waals surface area contributed by atoms with Crippen LogP contribution in [0.2, 0.25) is 0 Å². The van der Waals surface area contributed by atoms with Crippen LogP contribution < -0.4 is 10.4 Å². The molecule has 0 aromatic heterocycles. The molecular formula is C16H28NO6S-. The molecule has 0 heterocycles. The summed E-state index contributed by atoms with van der Waals surface area (Å²) in [6.07, 6.45) is 0.0776. The van der Waals surface area contributed by atoms with Crippen LogP contribution in [0.5, 0.6) is 0 Å². The summed E-state index contributed by atoms with van der Waals surface area (Å²) in [5, 5.41) is 13.3. The van der Waals surface area contributed by atoms with E-state index in [0.717, 1.165) is 0 Å². The average Bonchev–Trinajstić information content (AvgIpc) is 2.50. The van der Waals surface area contributed by atoms with Crippen LogP contribution in [0.25, 0.3) is 0 Å². The van der Waals surface area contributed by atoms with Crippen LogP contribution in [0.3, 0.4) is 0 Å². The summed E-state index contributed by atoms with van der Waals surface area (Å²) < 4.78 is 10.0. The Hall–Kier alpha value is -1.44. The minimum Gasteiger partial charge on any atom is -0.550 e. The van der Waals surface area contributed by atoms with Crippen molar-refractivity contribution >= 4 is 29.8 Å². The van der Waals surface area contributed by atoms with E-state index in [1.54, 1.807) is 27.7 Å². The van der Waals surface area contributed by atoms with Gasteiger partial charge in [0.05, 0.1) is 12.0 Å². The molecule has 0 aliphatic heterocycles. The van der Waals surface area contributed by atoms with E-state index in [1.807, 2.05) is 6.92 Å². The lowest BCUT2D eigenvalue weighted by atomic mass is 9.91. The van der Waals surface area contributed by atoms with Crippen molar-refractivity contribution in [2.75, 3.05) is 31.3 Å². The molecule has 0 unspecified atom stereocenters. The first-order chi connectivity index (χ1) is 11.0. The lowest BCUT2D eigenvalue weighted by Gasteiger charge is -2.24. The predicted octanol–water partition coefficient (Wildman–Crippen LogP) is 1.20. The summed E-state index contributed by atoms with van der Waals surface area (Å²) in [5.74, 6) is -0.533. The Bertz CT molecular complexity index is 436. The molecule has 7 nitrogen and oxygen atoms in total. The molecule has 0 radical (unpaired) electrons. The third-order valence-corrected chi connectivity index (χ3v) is 4.90. The van der Waals surface area contributed by atoms with Crippen LogP contribution in [0.1, 0.15) is 41.0 Å². The Morgan fingerprint density at radius 1 is 1.04 bits per heavy atom. The molecule has 0 atom stereocenters.